The fourth-order valence-electron chi connectivity index (χ4n) is 12.2. The van der Waals surface area contributed by atoms with Gasteiger partial charge in [-0.15, -0.1) is 56.7 Å². The van der Waals surface area contributed by atoms with Gasteiger partial charge in [-0.3, -0.25) is 38.7 Å². The number of hydrogen-bond acceptors (Lipinski definition) is 21. The highest BCUT2D eigenvalue weighted by atomic mass is 32.1. The highest BCUT2D eigenvalue weighted by Crippen LogP contribution is 2.33. The van der Waals surface area contributed by atoms with Gasteiger partial charge in [-0.05, 0) is 183 Å². The number of amides is 5. The number of likely N-dealkylation sites (tertiary alicyclic amines) is 3. The molecule has 21 nitrogen and oxygen atoms in total. The quantitative estimate of drug-likeness (QED) is 0.0276. The number of aryl methyl sites for hydroxylation is 3. The van der Waals surface area contributed by atoms with Gasteiger partial charge in [0.15, 0.2) is 25.7 Å². The third-order valence-electron chi connectivity index (χ3n) is 17.7. The lowest BCUT2D eigenvalue weighted by Crippen LogP contribution is -2.32. The molecule has 8 heterocycles. The first-order valence-electron chi connectivity index (χ1n) is 36.2. The summed E-state index contributed by atoms with van der Waals surface area (Å²) in [5.41, 5.74) is 6.96. The largest absolute Gasteiger partial charge is 0.497 e. The summed E-state index contributed by atoms with van der Waals surface area (Å²) < 4.78 is 5.23. The van der Waals surface area contributed by atoms with E-state index < -0.39 is 0 Å². The number of piperidine rings is 3. The molecule has 105 heavy (non-hydrogen) atoms. The third kappa shape index (κ3) is 31.9. The van der Waals surface area contributed by atoms with Crippen molar-refractivity contribution in [2.45, 2.75) is 157 Å². The number of methoxy groups -OCH3 is 1. The maximum atomic E-state index is 11.1. The molecular weight excluding hydrogens is 1420 g/mol. The van der Waals surface area contributed by atoms with E-state index in [9.17, 15) is 24.0 Å². The van der Waals surface area contributed by atoms with E-state index in [0.717, 1.165) is 114 Å². The molecule has 562 valence electrons. The molecule has 0 spiro atoms. The number of nitrogens with one attached hydrogen (secondary N) is 6. The topological polar surface area (TPSA) is 244 Å². The summed E-state index contributed by atoms with van der Waals surface area (Å²) in [7, 11) is 3.81. The minimum absolute atomic E-state index is 0.0577. The predicted molar refractivity (Wildman–Crippen MR) is 432 cm³/mol. The fraction of sp³-hybridized carbons (Fsp3) is 0.443. The van der Waals surface area contributed by atoms with Crippen molar-refractivity contribution in [3.8, 4) is 5.75 Å². The summed E-state index contributed by atoms with van der Waals surface area (Å²) in [6.07, 6.45) is 21.0. The minimum Gasteiger partial charge on any atom is -0.497 e. The van der Waals surface area contributed by atoms with Crippen LogP contribution < -0.4 is 36.6 Å². The summed E-state index contributed by atoms with van der Waals surface area (Å²) in [4.78, 5) is 91.5. The van der Waals surface area contributed by atoms with Gasteiger partial charge in [0, 0.05) is 123 Å². The lowest BCUT2D eigenvalue weighted by molar-refractivity contribution is -0.115. The molecule has 5 aromatic heterocycles. The molecule has 0 unspecified atom stereocenters. The van der Waals surface area contributed by atoms with E-state index in [1.54, 1.807) is 47.3 Å². The Morgan fingerprint density at radius 2 is 0.800 bits per heavy atom. The molecule has 26 heteroatoms. The maximum absolute atomic E-state index is 11.1. The van der Waals surface area contributed by atoms with E-state index in [2.05, 4.69) is 182 Å². The van der Waals surface area contributed by atoms with E-state index in [1.807, 2.05) is 49.1 Å². The lowest BCUT2D eigenvalue weighted by Gasteiger charge is -2.31. The van der Waals surface area contributed by atoms with Crippen LogP contribution in [0.3, 0.4) is 0 Å². The minimum atomic E-state index is -0.0817. The standard InChI is InChI=1S/C18H23N3O2S.C18H23N3OS.C16H21N3OS.C15H19N3OS.C12H19N3OS/c1-13(22)20-18-19-11-17(24-18)12-21-9-7-15(8-10-21)14-3-5-16(23-2)6-4-14;1-13-3-5-15(6-4-13)16-7-9-21(10-8-16)12-17-11-19-18(23-17)20-14(2)22;1-13(20)18-16-17-11-15(21-16)12-19(2)10-6-9-14-7-4-3-5-8-14;1-12(19)18-15-17-11-14(20-15)10-16-9-5-8-13-6-3-2-4-7-13;1-9-3-5-15(6-4-9)8-11-7-13-12(17-11)14-10(2)16/h3-6,11,15H,7-10,12H2,1-2H3,(H,19,20,22);3-6,11,16H,7-10,12H2,1-2H3,(H,19,20,22);3-5,7-8,11H,6,9-10,12H2,1-2H3,(H,17,18,20);2-4,6-7,11,16H,5,8-10H2,1H3,(H,17,18,19);7,9H,3-6,8H2,1-2H3,(H,13,14,16). The molecule has 0 atom stereocenters. The number of carbonyl (C=O) groups is 5. The van der Waals surface area contributed by atoms with Crippen molar-refractivity contribution in [2.24, 2.45) is 5.92 Å². The van der Waals surface area contributed by atoms with Gasteiger partial charge in [0.2, 0.25) is 29.5 Å². The Hall–Kier alpha value is -8.02. The summed E-state index contributed by atoms with van der Waals surface area (Å²) in [6, 6.07) is 38.5. The molecular formula is C79H105N15O6S5. The Morgan fingerprint density at radius 1 is 0.457 bits per heavy atom. The van der Waals surface area contributed by atoms with Gasteiger partial charge in [-0.2, -0.15) is 0 Å². The average Bonchev–Trinajstić information content (AvgIpc) is 1.47. The number of aromatic nitrogens is 5. The molecule has 3 fully saturated rings. The van der Waals surface area contributed by atoms with E-state index in [1.165, 1.54) is 156 Å². The first-order valence-corrected chi connectivity index (χ1v) is 40.3. The van der Waals surface area contributed by atoms with E-state index >= 15 is 0 Å². The smallest absolute Gasteiger partial charge is 0.223 e. The number of ether oxygens (including phenoxy) is 1. The predicted octanol–water partition coefficient (Wildman–Crippen LogP) is 15.6. The van der Waals surface area contributed by atoms with Crippen LogP contribution >= 0.6 is 56.7 Å². The number of rotatable bonds is 26. The summed E-state index contributed by atoms with van der Waals surface area (Å²) in [5, 5.41) is 20.4. The first-order chi connectivity index (χ1) is 50.7. The second kappa shape index (κ2) is 44.8. The normalized spacial score (nSPS) is 14.4. The molecule has 5 amide bonds. The molecule has 3 aliphatic heterocycles. The van der Waals surface area contributed by atoms with Crippen LogP contribution in [0.4, 0.5) is 25.7 Å². The number of hydrogen-bond donors (Lipinski definition) is 6. The Morgan fingerprint density at radius 3 is 1.19 bits per heavy atom. The second-order valence-corrected chi connectivity index (χ2v) is 32.5. The van der Waals surface area contributed by atoms with Crippen molar-refractivity contribution in [3.63, 3.8) is 0 Å². The number of benzene rings is 4. The van der Waals surface area contributed by atoms with Gasteiger partial charge < -0.3 is 41.5 Å². The van der Waals surface area contributed by atoms with Crippen molar-refractivity contribution in [3.05, 3.63) is 192 Å². The zero-order valence-corrected chi connectivity index (χ0v) is 66.4. The monoisotopic (exact) mass is 1520 g/mol. The highest BCUT2D eigenvalue weighted by molar-refractivity contribution is 7.17. The maximum Gasteiger partial charge on any atom is 0.223 e. The van der Waals surface area contributed by atoms with Crippen molar-refractivity contribution in [2.75, 3.05) is 93.1 Å². The molecule has 0 bridgehead atoms. The van der Waals surface area contributed by atoms with Crippen LogP contribution in [-0.2, 0) is 69.5 Å². The summed E-state index contributed by atoms with van der Waals surface area (Å²) >= 11 is 7.74. The van der Waals surface area contributed by atoms with E-state index in [0.29, 0.717) is 37.5 Å². The number of nitrogens with zero attached hydrogens (tertiary/aromatic N) is 9. The molecule has 0 radical (unpaired) electrons. The van der Waals surface area contributed by atoms with Crippen molar-refractivity contribution >= 4 is 112 Å². The number of thiazole rings is 5. The highest BCUT2D eigenvalue weighted by Gasteiger charge is 2.24. The third-order valence-corrected chi connectivity index (χ3v) is 22.2. The van der Waals surface area contributed by atoms with Crippen LogP contribution in [0, 0.1) is 12.8 Å². The number of anilines is 5. The summed E-state index contributed by atoms with van der Waals surface area (Å²) in [5.74, 6) is 2.73. The van der Waals surface area contributed by atoms with Crippen LogP contribution in [-0.4, -0.2) is 141 Å². The van der Waals surface area contributed by atoms with Gasteiger partial charge in [0.25, 0.3) is 0 Å². The zero-order chi connectivity index (χ0) is 74.7. The van der Waals surface area contributed by atoms with Gasteiger partial charge in [0.1, 0.15) is 5.75 Å². The molecule has 12 rings (SSSR count). The summed E-state index contributed by atoms with van der Waals surface area (Å²) in [6.45, 7) is 25.2. The van der Waals surface area contributed by atoms with Crippen molar-refractivity contribution in [1.29, 1.82) is 0 Å². The van der Waals surface area contributed by atoms with Crippen LogP contribution in [0.15, 0.2) is 140 Å². The van der Waals surface area contributed by atoms with Crippen LogP contribution in [0.25, 0.3) is 0 Å². The first kappa shape index (κ1) is 82.6. The molecule has 0 saturated carbocycles. The molecule has 4 aromatic carbocycles. The number of carbonyl (C=O) groups excluding carboxylic acids is 5. The molecule has 9 aromatic rings. The lowest BCUT2D eigenvalue weighted by atomic mass is 9.89. The SMILES string of the molecule is CC(=O)Nc1ncc(CN(C)CCCc2ccccc2)s1.CC(=O)Nc1ncc(CN2CCC(C)CC2)s1.CC(=O)Nc1ncc(CN2CCC(c3ccc(C)cc3)CC2)s1.CC(=O)Nc1ncc(CNCCCc2ccccc2)s1.COc1ccc(C2CCN(Cc3cnc(NC(C)=O)s3)CC2)cc1. The van der Waals surface area contributed by atoms with Crippen LogP contribution in [0.2, 0.25) is 0 Å². The van der Waals surface area contributed by atoms with Crippen molar-refractivity contribution in [1.82, 2.24) is 49.8 Å². The van der Waals surface area contributed by atoms with Gasteiger partial charge in [0.05, 0.1) is 7.11 Å². The van der Waals surface area contributed by atoms with Gasteiger partial charge >= 0.3 is 0 Å². The Kier molecular flexibility index (Phi) is 35.3. The van der Waals surface area contributed by atoms with E-state index in [4.69, 9.17) is 4.74 Å². The average molecular weight is 1520 g/mol. The van der Waals surface area contributed by atoms with Crippen LogP contribution in [0.5, 0.6) is 5.75 Å². The van der Waals surface area contributed by atoms with Crippen molar-refractivity contribution < 1.29 is 28.7 Å². The Labute approximate surface area is 640 Å². The van der Waals surface area contributed by atoms with E-state index in [-0.39, 0.29) is 29.5 Å². The zero-order valence-electron chi connectivity index (χ0n) is 62.3. The molecule has 0 aliphatic carbocycles. The second-order valence-electron chi connectivity index (χ2n) is 26.9. The van der Waals surface area contributed by atoms with Gasteiger partial charge in [-0.1, -0.05) is 110 Å². The Balaban J connectivity index is 0.000000167. The van der Waals surface area contributed by atoms with Gasteiger partial charge in [-0.25, -0.2) is 24.9 Å². The Bertz CT molecular complexity index is 4010. The van der Waals surface area contributed by atoms with Crippen LogP contribution in [0.1, 0.15) is 157 Å². The molecule has 3 saturated heterocycles. The molecule has 6 N–H and O–H groups in total. The molecule has 3 aliphatic rings. The fourth-order valence-corrected chi connectivity index (χ4v) is 16.7.